The van der Waals surface area contributed by atoms with Gasteiger partial charge >= 0.3 is 0 Å². The fourth-order valence-corrected chi connectivity index (χ4v) is 3.50. The molecule has 1 aromatic heterocycles. The molecule has 146 valence electrons. The van der Waals surface area contributed by atoms with Gasteiger partial charge in [0.25, 0.3) is 0 Å². The van der Waals surface area contributed by atoms with Gasteiger partial charge in [-0.15, -0.1) is 0 Å². The molecular weight excluding hydrogens is 356 g/mol. The Hall–Kier alpha value is -1.92. The third-order valence-corrected chi connectivity index (χ3v) is 5.07. The van der Waals surface area contributed by atoms with Crippen LogP contribution in [0, 0.1) is 13.8 Å². The van der Waals surface area contributed by atoms with Gasteiger partial charge in [0.2, 0.25) is 5.91 Å². The fourth-order valence-electron chi connectivity index (χ4n) is 3.04. The summed E-state index contributed by atoms with van der Waals surface area (Å²) >= 11 is 1.54. The van der Waals surface area contributed by atoms with Crippen LogP contribution in [-0.4, -0.2) is 47.2 Å². The van der Waals surface area contributed by atoms with E-state index in [0.717, 1.165) is 41.6 Å². The number of nitrogens with one attached hydrogen (secondary N) is 1. The first kappa shape index (κ1) is 21.4. The average Bonchev–Trinajstić information content (AvgIpc) is 2.65. The second-order valence-corrected chi connectivity index (χ2v) is 7.56. The van der Waals surface area contributed by atoms with E-state index in [-0.39, 0.29) is 5.91 Å². The fraction of sp³-hybridized carbons (Fsp3) is 0.476. The molecule has 1 aromatic carbocycles. The maximum atomic E-state index is 12.1. The number of carbonyl (C=O) groups excluding carboxylic acids is 1. The molecule has 0 atom stereocenters. The molecule has 1 heterocycles. The monoisotopic (exact) mass is 386 g/mol. The van der Waals surface area contributed by atoms with Gasteiger partial charge < -0.3 is 10.2 Å². The van der Waals surface area contributed by atoms with Crippen molar-refractivity contribution in [2.45, 2.75) is 44.8 Å². The standard InChI is InChI=1S/C21H30N4OS/c1-16-19(17(2)24-21(23-16)27-4)11-12-20(26)22-13-8-14-25(3)15-18-9-6-5-7-10-18/h5-7,9-10H,8,11-15H2,1-4H3,(H,22,26). The molecule has 0 unspecified atom stereocenters. The molecular formula is C21H30N4OS. The molecule has 2 rings (SSSR count). The Morgan fingerprint density at radius 1 is 1.15 bits per heavy atom. The normalized spacial score (nSPS) is 11.0. The molecule has 0 saturated heterocycles. The minimum atomic E-state index is 0.0912. The van der Waals surface area contributed by atoms with Gasteiger partial charge in [-0.25, -0.2) is 9.97 Å². The van der Waals surface area contributed by atoms with Crippen molar-refractivity contribution in [2.75, 3.05) is 26.4 Å². The van der Waals surface area contributed by atoms with Gasteiger partial charge in [0.1, 0.15) is 0 Å². The van der Waals surface area contributed by atoms with Gasteiger partial charge in [-0.3, -0.25) is 4.79 Å². The zero-order valence-electron chi connectivity index (χ0n) is 16.8. The summed E-state index contributed by atoms with van der Waals surface area (Å²) in [5.74, 6) is 0.0912. The second-order valence-electron chi connectivity index (χ2n) is 6.79. The van der Waals surface area contributed by atoms with Gasteiger partial charge in [0, 0.05) is 30.9 Å². The van der Waals surface area contributed by atoms with Crippen molar-refractivity contribution in [3.8, 4) is 0 Å². The molecule has 0 bridgehead atoms. The number of benzene rings is 1. The lowest BCUT2D eigenvalue weighted by Gasteiger charge is -2.16. The zero-order chi connectivity index (χ0) is 19.6. The van der Waals surface area contributed by atoms with Crippen molar-refractivity contribution in [1.29, 1.82) is 0 Å². The van der Waals surface area contributed by atoms with E-state index in [2.05, 4.69) is 51.5 Å². The lowest BCUT2D eigenvalue weighted by atomic mass is 10.1. The first-order valence-corrected chi connectivity index (χ1v) is 10.6. The zero-order valence-corrected chi connectivity index (χ0v) is 17.6. The van der Waals surface area contributed by atoms with E-state index in [1.54, 1.807) is 11.8 Å². The minimum absolute atomic E-state index is 0.0912. The molecule has 0 fully saturated rings. The molecule has 0 aliphatic rings. The van der Waals surface area contributed by atoms with Crippen LogP contribution in [0.4, 0.5) is 0 Å². The van der Waals surface area contributed by atoms with Crippen molar-refractivity contribution >= 4 is 17.7 Å². The molecule has 1 N–H and O–H groups in total. The average molecular weight is 387 g/mol. The molecule has 0 aliphatic carbocycles. The number of amides is 1. The van der Waals surface area contributed by atoms with Crippen LogP contribution in [0.3, 0.4) is 0 Å². The Morgan fingerprint density at radius 2 is 1.81 bits per heavy atom. The number of hydrogen-bond donors (Lipinski definition) is 1. The van der Waals surface area contributed by atoms with Crippen molar-refractivity contribution in [1.82, 2.24) is 20.2 Å². The molecule has 6 heteroatoms. The third kappa shape index (κ3) is 7.31. The molecule has 1 amide bonds. The van der Waals surface area contributed by atoms with Gasteiger partial charge in [-0.1, -0.05) is 42.1 Å². The molecule has 0 saturated carbocycles. The Bertz CT molecular complexity index is 713. The third-order valence-electron chi connectivity index (χ3n) is 4.52. The SMILES string of the molecule is CSc1nc(C)c(CCC(=O)NCCCN(C)Cc2ccccc2)c(C)n1. The van der Waals surface area contributed by atoms with Crippen LogP contribution in [0.25, 0.3) is 0 Å². The van der Waals surface area contributed by atoms with Crippen molar-refractivity contribution in [2.24, 2.45) is 0 Å². The van der Waals surface area contributed by atoms with Gasteiger partial charge in [0.05, 0.1) is 0 Å². The largest absolute Gasteiger partial charge is 0.356 e. The summed E-state index contributed by atoms with van der Waals surface area (Å²) in [7, 11) is 2.11. The van der Waals surface area contributed by atoms with Gasteiger partial charge in [-0.05, 0) is 57.7 Å². The van der Waals surface area contributed by atoms with Crippen molar-refractivity contribution in [3.05, 3.63) is 52.8 Å². The highest BCUT2D eigenvalue weighted by Gasteiger charge is 2.10. The summed E-state index contributed by atoms with van der Waals surface area (Å²) in [6, 6.07) is 10.4. The van der Waals surface area contributed by atoms with Crippen LogP contribution in [0.5, 0.6) is 0 Å². The van der Waals surface area contributed by atoms with E-state index >= 15 is 0 Å². The summed E-state index contributed by atoms with van der Waals surface area (Å²) in [5, 5.41) is 3.81. The second kappa shape index (κ2) is 11.0. The minimum Gasteiger partial charge on any atom is -0.356 e. The first-order valence-electron chi connectivity index (χ1n) is 9.37. The predicted molar refractivity (Wildman–Crippen MR) is 112 cm³/mol. The van der Waals surface area contributed by atoms with Crippen LogP contribution >= 0.6 is 11.8 Å². The lowest BCUT2D eigenvalue weighted by molar-refractivity contribution is -0.121. The molecule has 0 radical (unpaired) electrons. The number of hydrogen-bond acceptors (Lipinski definition) is 5. The highest BCUT2D eigenvalue weighted by Crippen LogP contribution is 2.17. The number of aromatic nitrogens is 2. The highest BCUT2D eigenvalue weighted by atomic mass is 32.2. The predicted octanol–water partition coefficient (Wildman–Crippen LogP) is 3.39. The Labute approximate surface area is 167 Å². The van der Waals surface area contributed by atoms with Gasteiger partial charge in [-0.2, -0.15) is 0 Å². The number of thioether (sulfide) groups is 1. The van der Waals surface area contributed by atoms with Crippen molar-refractivity contribution < 1.29 is 4.79 Å². The smallest absolute Gasteiger partial charge is 0.220 e. The number of carbonyl (C=O) groups is 1. The molecule has 0 spiro atoms. The molecule has 5 nitrogen and oxygen atoms in total. The van der Waals surface area contributed by atoms with Crippen LogP contribution in [0.1, 0.15) is 35.4 Å². The molecule has 27 heavy (non-hydrogen) atoms. The summed E-state index contributed by atoms with van der Waals surface area (Å²) in [6.07, 6.45) is 4.08. The summed E-state index contributed by atoms with van der Waals surface area (Å²) < 4.78 is 0. The van der Waals surface area contributed by atoms with E-state index in [1.165, 1.54) is 5.56 Å². The van der Waals surface area contributed by atoms with Gasteiger partial charge in [0.15, 0.2) is 5.16 Å². The summed E-state index contributed by atoms with van der Waals surface area (Å²) in [6.45, 7) is 6.57. The van der Waals surface area contributed by atoms with E-state index in [4.69, 9.17) is 0 Å². The number of rotatable bonds is 10. The van der Waals surface area contributed by atoms with Crippen LogP contribution in [-0.2, 0) is 17.8 Å². The maximum absolute atomic E-state index is 12.1. The quantitative estimate of drug-likeness (QED) is 0.385. The highest BCUT2D eigenvalue weighted by molar-refractivity contribution is 7.98. The lowest BCUT2D eigenvalue weighted by Crippen LogP contribution is -2.28. The maximum Gasteiger partial charge on any atom is 0.220 e. The first-order chi connectivity index (χ1) is 13.0. The summed E-state index contributed by atoms with van der Waals surface area (Å²) in [4.78, 5) is 23.4. The van der Waals surface area contributed by atoms with E-state index in [1.807, 2.05) is 26.2 Å². The van der Waals surface area contributed by atoms with Crippen LogP contribution < -0.4 is 5.32 Å². The Kier molecular flexibility index (Phi) is 8.75. The van der Waals surface area contributed by atoms with E-state index in [9.17, 15) is 4.79 Å². The van der Waals surface area contributed by atoms with Crippen LogP contribution in [0.2, 0.25) is 0 Å². The van der Waals surface area contributed by atoms with Crippen molar-refractivity contribution in [3.63, 3.8) is 0 Å². The van der Waals surface area contributed by atoms with Crippen LogP contribution in [0.15, 0.2) is 35.5 Å². The number of nitrogens with zero attached hydrogens (tertiary/aromatic N) is 3. The molecule has 0 aliphatic heterocycles. The van der Waals surface area contributed by atoms with E-state index < -0.39 is 0 Å². The Balaban J connectivity index is 1.66. The van der Waals surface area contributed by atoms with E-state index in [0.29, 0.717) is 19.4 Å². The molecule has 2 aromatic rings. The summed E-state index contributed by atoms with van der Waals surface area (Å²) in [5.41, 5.74) is 4.35. The topological polar surface area (TPSA) is 58.1 Å². The number of aryl methyl sites for hydroxylation is 2. The Morgan fingerprint density at radius 3 is 2.44 bits per heavy atom.